The fourth-order valence-corrected chi connectivity index (χ4v) is 1.07. The monoisotopic (exact) mass is 257 g/mol. The van der Waals surface area contributed by atoms with E-state index in [1.54, 1.807) is 27.9 Å². The van der Waals surface area contributed by atoms with E-state index in [4.69, 9.17) is 4.74 Å². The van der Waals surface area contributed by atoms with Crippen molar-refractivity contribution in [3.8, 4) is 0 Å². The first-order valence-corrected chi connectivity index (χ1v) is 3.88. The topological polar surface area (TPSA) is 38.8 Å². The van der Waals surface area contributed by atoms with Gasteiger partial charge < -0.3 is 12.7 Å². The molecule has 0 atom stereocenters. The van der Waals surface area contributed by atoms with Gasteiger partial charge in [0.2, 0.25) is 0 Å². The van der Waals surface area contributed by atoms with Crippen molar-refractivity contribution in [3.05, 3.63) is 0 Å². The van der Waals surface area contributed by atoms with Gasteiger partial charge in [-0.1, -0.05) is 0 Å². The van der Waals surface area contributed by atoms with Crippen LogP contribution in [-0.4, -0.2) is 37.3 Å². The van der Waals surface area contributed by atoms with Crippen LogP contribution in [0.1, 0.15) is 0 Å². The molecule has 0 aromatic rings. The number of hydrogen-bond acceptors (Lipinski definition) is 3. The Hall–Kier alpha value is -0.0400. The molecule has 1 aliphatic heterocycles. The molecule has 0 aliphatic carbocycles. The maximum atomic E-state index is 10.8. The van der Waals surface area contributed by atoms with E-state index in [1.807, 2.05) is 0 Å². The number of morpholine rings is 1. The summed E-state index contributed by atoms with van der Waals surface area (Å²) < 4.78 is 9.53. The summed E-state index contributed by atoms with van der Waals surface area (Å²) in [6, 6.07) is 0. The molecule has 0 bridgehead atoms. The summed E-state index contributed by atoms with van der Waals surface area (Å²) in [6.07, 6.45) is -0.274. The van der Waals surface area contributed by atoms with E-state index >= 15 is 0 Å². The molecule has 0 saturated carbocycles. The van der Waals surface area contributed by atoms with Crippen molar-refractivity contribution < 1.29 is 12.6 Å². The van der Waals surface area contributed by atoms with E-state index in [-0.39, 0.29) is 6.09 Å². The zero-order valence-electron chi connectivity index (χ0n) is 5.38. The highest BCUT2D eigenvalue weighted by Gasteiger charge is 2.16. The Morgan fingerprint density at radius 2 is 2.10 bits per heavy atom. The van der Waals surface area contributed by atoms with Gasteiger partial charge in [0.25, 0.3) is 0 Å². The van der Waals surface area contributed by atoms with E-state index in [2.05, 4.69) is 3.07 Å². The Morgan fingerprint density at radius 1 is 1.50 bits per heavy atom. The second-order valence-electron chi connectivity index (χ2n) is 1.94. The first-order chi connectivity index (χ1) is 4.84. The van der Waals surface area contributed by atoms with Crippen LogP contribution in [0.5, 0.6) is 0 Å². The Morgan fingerprint density at radius 3 is 2.60 bits per heavy atom. The number of amides is 1. The fraction of sp³-hybridized carbons (Fsp3) is 0.800. The van der Waals surface area contributed by atoms with Crippen LogP contribution in [0.4, 0.5) is 4.79 Å². The molecule has 0 radical (unpaired) electrons. The highest BCUT2D eigenvalue weighted by Crippen LogP contribution is 2.01. The van der Waals surface area contributed by atoms with Crippen LogP contribution in [0.3, 0.4) is 0 Å². The summed E-state index contributed by atoms with van der Waals surface area (Å²) in [5.41, 5.74) is 0. The third-order valence-corrected chi connectivity index (χ3v) is 1.71. The molecule has 10 heavy (non-hydrogen) atoms. The zero-order valence-corrected chi connectivity index (χ0v) is 7.54. The summed E-state index contributed by atoms with van der Waals surface area (Å²) in [5, 5.41) is 0. The average molecular weight is 257 g/mol. The van der Waals surface area contributed by atoms with Gasteiger partial charge in [-0.15, -0.1) is 0 Å². The summed E-state index contributed by atoms with van der Waals surface area (Å²) >= 11 is 1.58. The van der Waals surface area contributed by atoms with E-state index in [0.29, 0.717) is 26.3 Å². The number of halogens is 1. The normalized spacial score (nSPS) is 18.7. The number of rotatable bonds is 0. The maximum absolute atomic E-state index is 10.8. The van der Waals surface area contributed by atoms with Crippen molar-refractivity contribution in [2.24, 2.45) is 0 Å². The Kier molecular flexibility index (Phi) is 3.20. The molecule has 0 unspecified atom stereocenters. The largest absolute Gasteiger partial charge is 0.419 e. The smallest absolute Gasteiger partial charge is 0.378 e. The van der Waals surface area contributed by atoms with Crippen molar-refractivity contribution in [2.75, 3.05) is 26.3 Å². The third-order valence-electron chi connectivity index (χ3n) is 1.34. The van der Waals surface area contributed by atoms with Gasteiger partial charge in [0.15, 0.2) is 23.0 Å². The van der Waals surface area contributed by atoms with Crippen LogP contribution in [-0.2, 0) is 7.80 Å². The molecule has 1 fully saturated rings. The first kappa shape index (κ1) is 8.06. The van der Waals surface area contributed by atoms with Gasteiger partial charge in [0, 0.05) is 13.1 Å². The Bertz CT molecular complexity index is 124. The van der Waals surface area contributed by atoms with Crippen LogP contribution in [0.2, 0.25) is 0 Å². The Labute approximate surface area is 73.2 Å². The highest BCUT2D eigenvalue weighted by atomic mass is 127. The van der Waals surface area contributed by atoms with Crippen LogP contribution in [0.25, 0.3) is 0 Å². The lowest BCUT2D eigenvalue weighted by Crippen LogP contribution is -2.39. The van der Waals surface area contributed by atoms with Crippen molar-refractivity contribution in [2.45, 2.75) is 0 Å². The van der Waals surface area contributed by atoms with Crippen molar-refractivity contribution in [1.29, 1.82) is 0 Å². The molecule has 0 N–H and O–H groups in total. The van der Waals surface area contributed by atoms with Crippen LogP contribution >= 0.6 is 23.0 Å². The molecule has 58 valence electrons. The number of ether oxygens (including phenoxy) is 1. The van der Waals surface area contributed by atoms with Crippen LogP contribution in [0, 0.1) is 0 Å². The predicted octanol–water partition coefficient (Wildman–Crippen LogP) is 0.805. The summed E-state index contributed by atoms with van der Waals surface area (Å²) in [7, 11) is 0. The molecule has 0 aromatic carbocycles. The minimum absolute atomic E-state index is 0.274. The zero-order chi connectivity index (χ0) is 7.40. The van der Waals surface area contributed by atoms with E-state index in [9.17, 15) is 4.79 Å². The molecule has 5 heteroatoms. The molecule has 4 nitrogen and oxygen atoms in total. The van der Waals surface area contributed by atoms with Crippen LogP contribution in [0.15, 0.2) is 0 Å². The molecule has 0 aromatic heterocycles. The Balaban J connectivity index is 2.31. The lowest BCUT2D eigenvalue weighted by Gasteiger charge is -2.24. The standard InChI is InChI=1S/C5H8INO3/c6-10-5(8)7-1-3-9-4-2-7/h1-4H2. The summed E-state index contributed by atoms with van der Waals surface area (Å²) in [6.45, 7) is 2.52. The molecule has 1 saturated heterocycles. The summed E-state index contributed by atoms with van der Waals surface area (Å²) in [5.74, 6) is 0. The van der Waals surface area contributed by atoms with Gasteiger partial charge in [-0.05, 0) is 0 Å². The minimum Gasteiger partial charge on any atom is -0.378 e. The number of hydrogen-bond donors (Lipinski definition) is 0. The molecule has 1 heterocycles. The summed E-state index contributed by atoms with van der Waals surface area (Å²) in [4.78, 5) is 12.4. The van der Waals surface area contributed by atoms with Crippen molar-refractivity contribution >= 4 is 29.1 Å². The predicted molar refractivity (Wildman–Crippen MR) is 42.9 cm³/mol. The maximum Gasteiger partial charge on any atom is 0.419 e. The quantitative estimate of drug-likeness (QED) is 0.602. The van der Waals surface area contributed by atoms with Gasteiger partial charge in [0.1, 0.15) is 0 Å². The van der Waals surface area contributed by atoms with Crippen molar-refractivity contribution in [1.82, 2.24) is 4.90 Å². The lowest BCUT2D eigenvalue weighted by molar-refractivity contribution is 0.0452. The second kappa shape index (κ2) is 3.97. The number of carbonyl (C=O) groups is 1. The number of nitrogens with zero attached hydrogens (tertiary/aromatic N) is 1. The van der Waals surface area contributed by atoms with Gasteiger partial charge in [-0.25, -0.2) is 4.79 Å². The van der Waals surface area contributed by atoms with Gasteiger partial charge in [0.05, 0.1) is 13.2 Å². The third kappa shape index (κ3) is 1.98. The van der Waals surface area contributed by atoms with E-state index in [0.717, 1.165) is 0 Å². The molecule has 1 amide bonds. The van der Waals surface area contributed by atoms with Gasteiger partial charge >= 0.3 is 6.09 Å². The van der Waals surface area contributed by atoms with Gasteiger partial charge in [-0.2, -0.15) is 0 Å². The van der Waals surface area contributed by atoms with Gasteiger partial charge in [-0.3, -0.25) is 0 Å². The molecule has 0 spiro atoms. The lowest BCUT2D eigenvalue weighted by atomic mass is 10.5. The second-order valence-corrected chi connectivity index (χ2v) is 2.38. The van der Waals surface area contributed by atoms with Crippen molar-refractivity contribution in [3.63, 3.8) is 0 Å². The van der Waals surface area contributed by atoms with E-state index in [1.165, 1.54) is 0 Å². The first-order valence-electron chi connectivity index (χ1n) is 3.00. The highest BCUT2D eigenvalue weighted by molar-refractivity contribution is 14.1. The molecular formula is C5H8INO3. The number of carbonyl (C=O) groups excluding carboxylic acids is 1. The molecule has 1 rings (SSSR count). The molecule has 1 aliphatic rings. The average Bonchev–Trinajstić information content (AvgIpc) is 2.05. The van der Waals surface area contributed by atoms with E-state index < -0.39 is 0 Å². The SMILES string of the molecule is O=C(OI)N1CCOCC1. The minimum atomic E-state index is -0.274. The fourth-order valence-electron chi connectivity index (χ4n) is 0.795. The van der Waals surface area contributed by atoms with Crippen LogP contribution < -0.4 is 0 Å². The molecular weight excluding hydrogens is 249 g/mol.